The zero-order chi connectivity index (χ0) is 24.9. The van der Waals surface area contributed by atoms with Crippen molar-refractivity contribution in [3.63, 3.8) is 0 Å². The van der Waals surface area contributed by atoms with Gasteiger partial charge in [-0.3, -0.25) is 9.36 Å². The Morgan fingerprint density at radius 1 is 1.06 bits per heavy atom. The Bertz CT molecular complexity index is 1180. The summed E-state index contributed by atoms with van der Waals surface area (Å²) in [5, 5.41) is 6.69. The van der Waals surface area contributed by atoms with E-state index in [1.807, 2.05) is 12.1 Å². The Labute approximate surface area is 204 Å². The van der Waals surface area contributed by atoms with Crippen LogP contribution in [0, 0.1) is 11.2 Å². The number of aromatic nitrogens is 1. The van der Waals surface area contributed by atoms with Crippen molar-refractivity contribution in [1.82, 2.24) is 5.16 Å². The molecule has 1 saturated heterocycles. The number of nitrogens with one attached hydrogen (secondary N) is 1. The summed E-state index contributed by atoms with van der Waals surface area (Å²) in [6, 6.07) is 13.1. The topological polar surface area (TPSA) is 90.7 Å². The highest BCUT2D eigenvalue weighted by atomic mass is 31.2. The Hall–Kier alpha value is -2.80. The van der Waals surface area contributed by atoms with E-state index in [-0.39, 0.29) is 29.7 Å². The minimum Gasteiger partial charge on any atom is -0.356 e. The number of benzene rings is 2. The van der Waals surface area contributed by atoms with E-state index in [4.69, 9.17) is 13.6 Å². The highest BCUT2D eigenvalue weighted by Crippen LogP contribution is 2.57. The molecule has 1 aromatic heterocycles. The molecule has 1 amide bonds. The quantitative estimate of drug-likeness (QED) is 0.333. The molecule has 0 saturated carbocycles. The monoisotopic (exact) mass is 500 g/mol. The first kappa shape index (κ1) is 25.3. The van der Waals surface area contributed by atoms with Crippen molar-refractivity contribution in [3.05, 3.63) is 71.7 Å². The van der Waals surface area contributed by atoms with E-state index in [1.165, 1.54) is 12.1 Å². The van der Waals surface area contributed by atoms with Crippen LogP contribution in [0.25, 0.3) is 11.3 Å². The predicted molar refractivity (Wildman–Crippen MR) is 132 cm³/mol. The van der Waals surface area contributed by atoms with E-state index in [0.29, 0.717) is 36.6 Å². The molecule has 1 N–H and O–H groups in total. The summed E-state index contributed by atoms with van der Waals surface area (Å²) in [5.74, 6) is 0.0341. The minimum absolute atomic E-state index is 0.0612. The molecule has 0 atom stereocenters. The summed E-state index contributed by atoms with van der Waals surface area (Å²) < 4.78 is 42.9. The smallest absolute Gasteiger partial charge is 0.335 e. The van der Waals surface area contributed by atoms with Crippen LogP contribution in [0.2, 0.25) is 0 Å². The number of hydrogen-bond acceptors (Lipinski definition) is 6. The molecule has 0 aliphatic carbocycles. The molecule has 3 aromatic rings. The Kier molecular flexibility index (Phi) is 7.85. The van der Waals surface area contributed by atoms with E-state index in [0.717, 1.165) is 24.0 Å². The molecular weight excluding hydrogens is 470 g/mol. The fraction of sp³-hybridized carbons (Fsp3) is 0.385. The molecule has 0 bridgehead atoms. The molecule has 2 aromatic carbocycles. The number of hydrogen-bond donors (Lipinski definition) is 1. The van der Waals surface area contributed by atoms with Crippen molar-refractivity contribution < 1.29 is 27.3 Å². The van der Waals surface area contributed by atoms with Crippen LogP contribution < -0.4 is 5.32 Å². The number of halogens is 1. The van der Waals surface area contributed by atoms with Gasteiger partial charge >= 0.3 is 7.60 Å². The summed E-state index contributed by atoms with van der Waals surface area (Å²) in [4.78, 5) is 12.5. The summed E-state index contributed by atoms with van der Waals surface area (Å²) in [7, 11) is -3.18. The van der Waals surface area contributed by atoms with Gasteiger partial charge in [-0.2, -0.15) is 0 Å². The lowest BCUT2D eigenvalue weighted by Crippen LogP contribution is -2.34. The molecule has 7 nitrogen and oxygen atoms in total. The van der Waals surface area contributed by atoms with Gasteiger partial charge in [-0.25, -0.2) is 4.39 Å². The Morgan fingerprint density at radius 3 is 2.34 bits per heavy atom. The maximum atomic E-state index is 13.2. The van der Waals surface area contributed by atoms with Gasteiger partial charge in [0.05, 0.1) is 25.6 Å². The number of carbonyl (C=O) groups excluding carboxylic acids is 1. The molecule has 186 valence electrons. The van der Waals surface area contributed by atoms with E-state index < -0.39 is 7.60 Å². The van der Waals surface area contributed by atoms with Crippen molar-refractivity contribution in [2.45, 2.75) is 45.7 Å². The second kappa shape index (κ2) is 10.9. The first-order valence-electron chi connectivity index (χ1n) is 11.8. The van der Waals surface area contributed by atoms with Gasteiger partial charge in [0, 0.05) is 28.7 Å². The van der Waals surface area contributed by atoms with Crippen molar-refractivity contribution in [1.29, 1.82) is 0 Å². The molecule has 35 heavy (non-hydrogen) atoms. The molecule has 0 spiro atoms. The average Bonchev–Trinajstić information content (AvgIpc) is 3.34. The Morgan fingerprint density at radius 2 is 1.71 bits per heavy atom. The molecular formula is C26H30FN2O5P. The number of rotatable bonds is 9. The normalized spacial score (nSPS) is 16.7. The predicted octanol–water partition coefficient (Wildman–Crippen LogP) is 6.60. The van der Waals surface area contributed by atoms with Crippen molar-refractivity contribution in [3.8, 4) is 11.3 Å². The highest BCUT2D eigenvalue weighted by molar-refractivity contribution is 7.53. The van der Waals surface area contributed by atoms with Gasteiger partial charge in [0.1, 0.15) is 5.82 Å². The summed E-state index contributed by atoms with van der Waals surface area (Å²) >= 11 is 0. The summed E-state index contributed by atoms with van der Waals surface area (Å²) in [5.41, 5.74) is 2.88. The minimum atomic E-state index is -3.18. The number of nitrogens with zero attached hydrogens (tertiary/aromatic N) is 1. The zero-order valence-corrected chi connectivity index (χ0v) is 20.9. The Balaban J connectivity index is 1.29. The van der Waals surface area contributed by atoms with Gasteiger partial charge in [-0.05, 0) is 61.2 Å². The van der Waals surface area contributed by atoms with E-state index in [9.17, 15) is 13.8 Å². The third kappa shape index (κ3) is 6.26. The van der Waals surface area contributed by atoms with Crippen LogP contribution in [0.1, 0.15) is 44.2 Å². The van der Waals surface area contributed by atoms with E-state index in [2.05, 4.69) is 24.3 Å². The third-order valence-electron chi connectivity index (χ3n) is 6.62. The first-order valence-corrected chi connectivity index (χ1v) is 13.5. The summed E-state index contributed by atoms with van der Waals surface area (Å²) in [6.07, 6.45) is 4.26. The number of amides is 1. The van der Waals surface area contributed by atoms with Crippen molar-refractivity contribution >= 4 is 19.2 Å². The SMILES string of the molecule is CCC1(CC)COP(=O)(Cc2ccc(NC(=O)CCc3cnoc3-c3ccc(F)cc3)cc2)OC1. The lowest BCUT2D eigenvalue weighted by Gasteiger charge is -2.38. The fourth-order valence-electron chi connectivity index (χ4n) is 3.97. The van der Waals surface area contributed by atoms with Gasteiger partial charge < -0.3 is 18.9 Å². The maximum absolute atomic E-state index is 13.2. The largest absolute Gasteiger partial charge is 0.356 e. The molecule has 0 radical (unpaired) electrons. The van der Waals surface area contributed by atoms with E-state index in [1.54, 1.807) is 30.5 Å². The number of anilines is 1. The lowest BCUT2D eigenvalue weighted by atomic mass is 9.84. The van der Waals surface area contributed by atoms with Crippen molar-refractivity contribution in [2.75, 3.05) is 18.5 Å². The molecule has 1 aliphatic rings. The molecule has 2 heterocycles. The number of aryl methyl sites for hydroxylation is 1. The van der Waals surface area contributed by atoms with Crippen LogP contribution >= 0.6 is 7.60 Å². The molecule has 0 unspecified atom stereocenters. The van der Waals surface area contributed by atoms with Crippen LogP contribution in [-0.2, 0) is 31.0 Å². The van der Waals surface area contributed by atoms with Gasteiger partial charge in [0.15, 0.2) is 5.76 Å². The highest BCUT2D eigenvalue weighted by Gasteiger charge is 2.40. The van der Waals surface area contributed by atoms with Gasteiger partial charge in [0.25, 0.3) is 0 Å². The van der Waals surface area contributed by atoms with Crippen LogP contribution in [0.3, 0.4) is 0 Å². The molecule has 1 aliphatic heterocycles. The van der Waals surface area contributed by atoms with Gasteiger partial charge in [-0.1, -0.05) is 31.1 Å². The lowest BCUT2D eigenvalue weighted by molar-refractivity contribution is -0.116. The molecule has 4 rings (SSSR count). The summed E-state index contributed by atoms with van der Waals surface area (Å²) in [6.45, 7) is 5.08. The standard InChI is InChI=1S/C26H30FN2O5P/c1-3-26(4-2)17-32-35(31,33-18-26)16-19-5-12-23(13-6-19)29-24(30)14-9-21-15-28-34-25(21)20-7-10-22(27)11-8-20/h5-8,10-13,15H,3-4,9,14,16-18H2,1-2H3,(H,29,30). The van der Waals surface area contributed by atoms with Gasteiger partial charge in [-0.15, -0.1) is 0 Å². The average molecular weight is 501 g/mol. The molecule has 1 fully saturated rings. The molecule has 9 heteroatoms. The second-order valence-electron chi connectivity index (χ2n) is 8.96. The van der Waals surface area contributed by atoms with Crippen LogP contribution in [0.4, 0.5) is 10.1 Å². The third-order valence-corrected chi connectivity index (χ3v) is 8.42. The fourth-order valence-corrected chi connectivity index (χ4v) is 5.82. The zero-order valence-electron chi connectivity index (χ0n) is 20.0. The van der Waals surface area contributed by atoms with E-state index >= 15 is 0 Å². The van der Waals surface area contributed by atoms with Crippen LogP contribution in [0.15, 0.2) is 59.3 Å². The maximum Gasteiger partial charge on any atom is 0.335 e. The van der Waals surface area contributed by atoms with Crippen LogP contribution in [-0.4, -0.2) is 24.3 Å². The van der Waals surface area contributed by atoms with Gasteiger partial charge in [0.2, 0.25) is 5.91 Å². The van der Waals surface area contributed by atoms with Crippen LogP contribution in [0.5, 0.6) is 0 Å². The van der Waals surface area contributed by atoms with Crippen molar-refractivity contribution in [2.24, 2.45) is 5.41 Å². The second-order valence-corrected chi connectivity index (χ2v) is 11.0. The first-order chi connectivity index (χ1) is 16.8. The number of carbonyl (C=O) groups is 1.